The van der Waals surface area contributed by atoms with Crippen LogP contribution in [0.3, 0.4) is 0 Å². The second-order valence-electron chi connectivity index (χ2n) is 5.93. The van der Waals surface area contributed by atoms with E-state index in [1.54, 1.807) is 31.2 Å². The highest BCUT2D eigenvalue weighted by Gasteiger charge is 2.12. The van der Waals surface area contributed by atoms with Crippen LogP contribution in [-0.2, 0) is 0 Å². The summed E-state index contributed by atoms with van der Waals surface area (Å²) in [5.41, 5.74) is 2.06. The maximum atomic E-state index is 12.7. The minimum atomic E-state index is -0.255. The number of aromatic amines is 1. The number of rotatable bonds is 3. The smallest absolute Gasteiger partial charge is 0.293 e. The summed E-state index contributed by atoms with van der Waals surface area (Å²) in [7, 11) is 0. The first kappa shape index (κ1) is 16.3. The van der Waals surface area contributed by atoms with E-state index in [0.717, 1.165) is 10.8 Å². The fourth-order valence-corrected chi connectivity index (χ4v) is 2.90. The molecule has 0 aliphatic rings. The van der Waals surface area contributed by atoms with Crippen molar-refractivity contribution in [1.29, 1.82) is 0 Å². The molecule has 0 amide bonds. The number of aromatic nitrogens is 2. The molecule has 0 atom stereocenters. The highest BCUT2D eigenvalue weighted by Crippen LogP contribution is 2.23. The van der Waals surface area contributed by atoms with E-state index in [1.165, 1.54) is 4.68 Å². The Bertz CT molecular complexity index is 1170. The third kappa shape index (κ3) is 3.05. The van der Waals surface area contributed by atoms with Gasteiger partial charge >= 0.3 is 0 Å². The zero-order valence-electron chi connectivity index (χ0n) is 14.0. The Kier molecular flexibility index (Phi) is 4.14. The van der Waals surface area contributed by atoms with Gasteiger partial charge in [-0.25, -0.2) is 4.68 Å². The van der Waals surface area contributed by atoms with Crippen molar-refractivity contribution in [2.45, 2.75) is 6.92 Å². The van der Waals surface area contributed by atoms with E-state index in [4.69, 9.17) is 11.6 Å². The van der Waals surface area contributed by atoms with Gasteiger partial charge in [0.2, 0.25) is 0 Å². The molecule has 0 bridgehead atoms. The van der Waals surface area contributed by atoms with Crippen molar-refractivity contribution < 1.29 is 0 Å². The molecule has 1 aromatic heterocycles. The summed E-state index contributed by atoms with van der Waals surface area (Å²) in [5, 5.41) is 14.3. The van der Waals surface area contributed by atoms with E-state index in [0.29, 0.717) is 22.1 Å². The number of halogens is 1. The van der Waals surface area contributed by atoms with Gasteiger partial charge in [0.1, 0.15) is 0 Å². The molecule has 128 valence electrons. The SMILES string of the molecule is Cc1[nH]n(-c2ccc(Cl)cc2)c(=O)c1N=Nc1ccc2ccccc2c1. The van der Waals surface area contributed by atoms with Crippen molar-refractivity contribution in [3.8, 4) is 5.69 Å². The first-order valence-electron chi connectivity index (χ1n) is 8.10. The number of hydrogen-bond acceptors (Lipinski definition) is 3. The molecule has 26 heavy (non-hydrogen) atoms. The van der Waals surface area contributed by atoms with E-state index in [-0.39, 0.29) is 11.2 Å². The van der Waals surface area contributed by atoms with Gasteiger partial charge in [-0.2, -0.15) is 5.11 Å². The van der Waals surface area contributed by atoms with Crippen molar-refractivity contribution in [2.75, 3.05) is 0 Å². The summed E-state index contributed by atoms with van der Waals surface area (Å²) in [6.07, 6.45) is 0. The van der Waals surface area contributed by atoms with Crippen LogP contribution in [0, 0.1) is 6.92 Å². The fraction of sp³-hybridized carbons (Fsp3) is 0.0500. The summed E-state index contributed by atoms with van der Waals surface area (Å²) < 4.78 is 1.43. The van der Waals surface area contributed by atoms with Crippen LogP contribution in [0.25, 0.3) is 16.5 Å². The van der Waals surface area contributed by atoms with E-state index in [1.807, 2.05) is 42.5 Å². The molecule has 3 aromatic carbocycles. The van der Waals surface area contributed by atoms with Crippen LogP contribution in [0.15, 0.2) is 81.8 Å². The average molecular weight is 363 g/mol. The molecule has 0 spiro atoms. The van der Waals surface area contributed by atoms with E-state index in [2.05, 4.69) is 15.3 Å². The molecular weight excluding hydrogens is 348 g/mol. The summed E-state index contributed by atoms with van der Waals surface area (Å²) >= 11 is 5.90. The monoisotopic (exact) mass is 362 g/mol. The summed E-state index contributed by atoms with van der Waals surface area (Å²) in [4.78, 5) is 12.7. The maximum absolute atomic E-state index is 12.7. The molecular formula is C20H15ClN4O. The van der Waals surface area contributed by atoms with Gasteiger partial charge in [-0.15, -0.1) is 5.11 Å². The van der Waals surface area contributed by atoms with Gasteiger partial charge in [-0.3, -0.25) is 9.89 Å². The first-order chi connectivity index (χ1) is 12.6. The van der Waals surface area contributed by atoms with Gasteiger partial charge < -0.3 is 0 Å². The van der Waals surface area contributed by atoms with Crippen LogP contribution < -0.4 is 5.56 Å². The van der Waals surface area contributed by atoms with Crippen molar-refractivity contribution in [3.05, 3.63) is 87.8 Å². The summed E-state index contributed by atoms with van der Waals surface area (Å²) in [6.45, 7) is 1.79. The molecule has 4 aromatic rings. The average Bonchev–Trinajstić information content (AvgIpc) is 2.94. The van der Waals surface area contributed by atoms with E-state index < -0.39 is 0 Å². The van der Waals surface area contributed by atoms with Crippen molar-refractivity contribution >= 4 is 33.7 Å². The zero-order valence-corrected chi connectivity index (χ0v) is 14.7. The number of azo groups is 1. The number of fused-ring (bicyclic) bond motifs is 1. The van der Waals surface area contributed by atoms with Gasteiger partial charge in [0.05, 0.1) is 17.1 Å². The van der Waals surface area contributed by atoms with Crippen LogP contribution in [0.2, 0.25) is 5.02 Å². The highest BCUT2D eigenvalue weighted by atomic mass is 35.5. The molecule has 0 unspecified atom stereocenters. The van der Waals surface area contributed by atoms with Gasteiger partial charge in [0.15, 0.2) is 5.69 Å². The number of nitrogens with one attached hydrogen (secondary N) is 1. The predicted molar refractivity (Wildman–Crippen MR) is 104 cm³/mol. The molecule has 0 fully saturated rings. The molecule has 0 aliphatic carbocycles. The number of nitrogens with zero attached hydrogens (tertiary/aromatic N) is 3. The molecule has 0 saturated heterocycles. The Morgan fingerprint density at radius 1 is 0.923 bits per heavy atom. The lowest BCUT2D eigenvalue weighted by molar-refractivity contribution is 0.835. The molecule has 0 radical (unpaired) electrons. The lowest BCUT2D eigenvalue weighted by Gasteiger charge is -2.00. The Balaban J connectivity index is 1.70. The van der Waals surface area contributed by atoms with Gasteiger partial charge in [-0.05, 0) is 54.1 Å². The second kappa shape index (κ2) is 6.61. The Morgan fingerprint density at radius 2 is 1.65 bits per heavy atom. The lowest BCUT2D eigenvalue weighted by atomic mass is 10.1. The number of benzene rings is 3. The first-order valence-corrected chi connectivity index (χ1v) is 8.48. The van der Waals surface area contributed by atoms with E-state index >= 15 is 0 Å². The normalized spacial score (nSPS) is 11.5. The van der Waals surface area contributed by atoms with Crippen LogP contribution >= 0.6 is 11.6 Å². The Morgan fingerprint density at radius 3 is 2.42 bits per heavy atom. The topological polar surface area (TPSA) is 62.5 Å². The molecule has 0 aliphatic heterocycles. The largest absolute Gasteiger partial charge is 0.299 e. The quantitative estimate of drug-likeness (QED) is 0.467. The maximum Gasteiger partial charge on any atom is 0.299 e. The van der Waals surface area contributed by atoms with Crippen LogP contribution in [-0.4, -0.2) is 9.78 Å². The highest BCUT2D eigenvalue weighted by molar-refractivity contribution is 6.30. The second-order valence-corrected chi connectivity index (χ2v) is 6.37. The van der Waals surface area contributed by atoms with Gasteiger partial charge in [0, 0.05) is 5.02 Å². The van der Waals surface area contributed by atoms with Gasteiger partial charge in [-0.1, -0.05) is 41.9 Å². The van der Waals surface area contributed by atoms with Gasteiger partial charge in [0.25, 0.3) is 5.56 Å². The number of hydrogen-bond donors (Lipinski definition) is 1. The predicted octanol–water partition coefficient (Wildman–Crippen LogP) is 5.70. The van der Waals surface area contributed by atoms with Crippen molar-refractivity contribution in [2.24, 2.45) is 10.2 Å². The molecule has 1 N–H and O–H groups in total. The molecule has 0 saturated carbocycles. The minimum Gasteiger partial charge on any atom is -0.293 e. The summed E-state index contributed by atoms with van der Waals surface area (Å²) in [6, 6.07) is 20.8. The van der Waals surface area contributed by atoms with Crippen LogP contribution in [0.4, 0.5) is 11.4 Å². The zero-order chi connectivity index (χ0) is 18.1. The molecule has 6 heteroatoms. The van der Waals surface area contributed by atoms with Crippen LogP contribution in [0.1, 0.15) is 5.69 Å². The third-order valence-electron chi connectivity index (χ3n) is 4.12. The van der Waals surface area contributed by atoms with Crippen LogP contribution in [0.5, 0.6) is 0 Å². The lowest BCUT2D eigenvalue weighted by Crippen LogP contribution is -2.13. The Hall–Kier alpha value is -3.18. The summed E-state index contributed by atoms with van der Waals surface area (Å²) in [5.74, 6) is 0. The van der Waals surface area contributed by atoms with Crippen molar-refractivity contribution in [1.82, 2.24) is 9.78 Å². The van der Waals surface area contributed by atoms with E-state index in [9.17, 15) is 4.79 Å². The standard InChI is InChI=1S/C20H15ClN4O/c1-13-19(20(26)25(24-13)18-10-7-16(21)8-11-18)23-22-17-9-6-14-4-2-3-5-15(14)12-17/h2-12,24H,1H3. The molecule has 1 heterocycles. The third-order valence-corrected chi connectivity index (χ3v) is 4.38. The van der Waals surface area contributed by atoms with Crippen molar-refractivity contribution in [3.63, 3.8) is 0 Å². The Labute approximate surface area is 154 Å². The number of H-pyrrole nitrogens is 1. The fourth-order valence-electron chi connectivity index (χ4n) is 2.77. The number of aryl methyl sites for hydroxylation is 1. The minimum absolute atomic E-state index is 0.255. The molecule has 4 rings (SSSR count). The molecule has 5 nitrogen and oxygen atoms in total.